The van der Waals surface area contributed by atoms with Crippen LogP contribution < -0.4 is 5.32 Å². The number of hydrogen-bond acceptors (Lipinski definition) is 5. The average Bonchev–Trinajstić information content (AvgIpc) is 2.43. The lowest BCUT2D eigenvalue weighted by Gasteiger charge is -2.15. The number of nitro groups is 1. The SMILES string of the molecule is COCC(CNC(=O)c1cccc([N+](=O)[O-])c1Br)OC. The van der Waals surface area contributed by atoms with Crippen LogP contribution in [0.5, 0.6) is 0 Å². The summed E-state index contributed by atoms with van der Waals surface area (Å²) in [5, 5.41) is 13.4. The normalized spacial score (nSPS) is 11.9. The highest BCUT2D eigenvalue weighted by Gasteiger charge is 2.20. The van der Waals surface area contributed by atoms with Crippen molar-refractivity contribution in [2.75, 3.05) is 27.4 Å². The molecule has 0 fully saturated rings. The molecule has 0 aromatic heterocycles. The number of benzene rings is 1. The van der Waals surface area contributed by atoms with Crippen LogP contribution in [-0.2, 0) is 9.47 Å². The fraction of sp³-hybridized carbons (Fsp3) is 0.417. The van der Waals surface area contributed by atoms with Gasteiger partial charge in [-0.1, -0.05) is 6.07 Å². The van der Waals surface area contributed by atoms with Gasteiger partial charge in [-0.3, -0.25) is 14.9 Å². The first kappa shape index (κ1) is 16.5. The van der Waals surface area contributed by atoms with Crippen molar-refractivity contribution in [1.29, 1.82) is 0 Å². The Kier molecular flexibility index (Phi) is 6.56. The van der Waals surface area contributed by atoms with Crippen molar-refractivity contribution in [2.24, 2.45) is 0 Å². The molecule has 1 N–H and O–H groups in total. The number of nitrogens with one attached hydrogen (secondary N) is 1. The smallest absolute Gasteiger partial charge is 0.284 e. The Labute approximate surface area is 124 Å². The molecule has 0 aliphatic heterocycles. The maximum Gasteiger partial charge on any atom is 0.284 e. The third kappa shape index (κ3) is 4.26. The Morgan fingerprint density at radius 3 is 2.75 bits per heavy atom. The first-order valence-electron chi connectivity index (χ1n) is 5.74. The number of hydrogen-bond donors (Lipinski definition) is 1. The number of methoxy groups -OCH3 is 2. The minimum Gasteiger partial charge on any atom is -0.382 e. The Morgan fingerprint density at radius 1 is 1.50 bits per heavy atom. The second-order valence-electron chi connectivity index (χ2n) is 3.92. The molecule has 0 spiro atoms. The number of amides is 1. The molecule has 1 aromatic rings. The Bertz CT molecular complexity index is 495. The van der Waals surface area contributed by atoms with E-state index in [4.69, 9.17) is 9.47 Å². The summed E-state index contributed by atoms with van der Waals surface area (Å²) in [5.74, 6) is -0.418. The predicted molar refractivity (Wildman–Crippen MR) is 75.8 cm³/mol. The lowest BCUT2D eigenvalue weighted by atomic mass is 10.2. The minimum atomic E-state index is -0.552. The molecule has 0 aliphatic rings. The van der Waals surface area contributed by atoms with E-state index in [1.807, 2.05) is 0 Å². The Hall–Kier alpha value is -1.51. The van der Waals surface area contributed by atoms with Crippen molar-refractivity contribution < 1.29 is 19.2 Å². The second-order valence-corrected chi connectivity index (χ2v) is 4.71. The molecule has 110 valence electrons. The third-order valence-corrected chi connectivity index (χ3v) is 3.43. The van der Waals surface area contributed by atoms with Gasteiger partial charge in [-0.05, 0) is 22.0 Å². The van der Waals surface area contributed by atoms with Crippen LogP contribution in [0, 0.1) is 10.1 Å². The summed E-state index contributed by atoms with van der Waals surface area (Å²) in [5.41, 5.74) is 0.0457. The first-order chi connectivity index (χ1) is 9.51. The fourth-order valence-electron chi connectivity index (χ4n) is 1.53. The van der Waals surface area contributed by atoms with Crippen LogP contribution >= 0.6 is 15.9 Å². The van der Waals surface area contributed by atoms with Gasteiger partial charge < -0.3 is 14.8 Å². The van der Waals surface area contributed by atoms with Gasteiger partial charge in [0.05, 0.1) is 23.2 Å². The Balaban J connectivity index is 2.78. The second kappa shape index (κ2) is 7.93. The molecule has 1 unspecified atom stereocenters. The molecule has 0 aliphatic carbocycles. The van der Waals surface area contributed by atoms with E-state index in [-0.39, 0.29) is 28.4 Å². The van der Waals surface area contributed by atoms with Gasteiger partial charge in [0, 0.05) is 26.8 Å². The van der Waals surface area contributed by atoms with Crippen molar-refractivity contribution in [3.63, 3.8) is 0 Å². The lowest BCUT2D eigenvalue weighted by Crippen LogP contribution is -2.35. The summed E-state index contributed by atoms with van der Waals surface area (Å²) in [4.78, 5) is 22.3. The highest BCUT2D eigenvalue weighted by atomic mass is 79.9. The van der Waals surface area contributed by atoms with Crippen molar-refractivity contribution in [2.45, 2.75) is 6.10 Å². The molecule has 20 heavy (non-hydrogen) atoms. The zero-order valence-electron chi connectivity index (χ0n) is 11.1. The summed E-state index contributed by atoms with van der Waals surface area (Å²) >= 11 is 3.08. The van der Waals surface area contributed by atoms with Gasteiger partial charge >= 0.3 is 0 Å². The quantitative estimate of drug-likeness (QED) is 0.599. The molecule has 0 heterocycles. The van der Waals surface area contributed by atoms with Crippen molar-refractivity contribution in [1.82, 2.24) is 5.32 Å². The van der Waals surface area contributed by atoms with Crippen LogP contribution in [0.3, 0.4) is 0 Å². The Morgan fingerprint density at radius 2 is 2.20 bits per heavy atom. The van der Waals surface area contributed by atoms with Crippen LogP contribution in [0.2, 0.25) is 0 Å². The third-order valence-electron chi connectivity index (χ3n) is 2.60. The number of halogens is 1. The molecule has 1 atom stereocenters. The van der Waals surface area contributed by atoms with E-state index in [2.05, 4.69) is 21.2 Å². The highest BCUT2D eigenvalue weighted by Crippen LogP contribution is 2.28. The number of carbonyl (C=O) groups is 1. The number of nitro benzene ring substituents is 1. The van der Waals surface area contributed by atoms with E-state index in [0.29, 0.717) is 6.61 Å². The first-order valence-corrected chi connectivity index (χ1v) is 6.53. The highest BCUT2D eigenvalue weighted by molar-refractivity contribution is 9.10. The molecule has 8 heteroatoms. The fourth-order valence-corrected chi connectivity index (χ4v) is 2.12. The molecule has 1 aromatic carbocycles. The van der Waals surface area contributed by atoms with Crippen LogP contribution in [-0.4, -0.2) is 44.3 Å². The van der Waals surface area contributed by atoms with E-state index in [9.17, 15) is 14.9 Å². The monoisotopic (exact) mass is 346 g/mol. The summed E-state index contributed by atoms with van der Waals surface area (Å²) in [6, 6.07) is 4.29. The molecule has 1 rings (SSSR count). The van der Waals surface area contributed by atoms with Gasteiger partial charge in [0.15, 0.2) is 0 Å². The molecule has 7 nitrogen and oxygen atoms in total. The maximum absolute atomic E-state index is 12.0. The molecule has 0 saturated carbocycles. The van der Waals surface area contributed by atoms with E-state index < -0.39 is 10.8 Å². The van der Waals surface area contributed by atoms with E-state index in [1.165, 1.54) is 32.4 Å². The van der Waals surface area contributed by atoms with E-state index in [1.54, 1.807) is 0 Å². The number of rotatable bonds is 7. The van der Waals surface area contributed by atoms with Crippen LogP contribution in [0.15, 0.2) is 22.7 Å². The van der Waals surface area contributed by atoms with E-state index >= 15 is 0 Å². The molecule has 0 radical (unpaired) electrons. The van der Waals surface area contributed by atoms with Crippen molar-refractivity contribution in [3.8, 4) is 0 Å². The zero-order valence-corrected chi connectivity index (χ0v) is 12.7. The minimum absolute atomic E-state index is 0.155. The molecular weight excluding hydrogens is 332 g/mol. The largest absolute Gasteiger partial charge is 0.382 e. The van der Waals surface area contributed by atoms with Crippen molar-refractivity contribution >= 4 is 27.5 Å². The van der Waals surface area contributed by atoms with Crippen LogP contribution in [0.4, 0.5) is 5.69 Å². The molecule has 1 amide bonds. The zero-order chi connectivity index (χ0) is 15.1. The van der Waals surface area contributed by atoms with Gasteiger partial charge in [0.2, 0.25) is 0 Å². The summed E-state index contributed by atoms with van der Waals surface area (Å²) < 4.78 is 10.2. The number of nitrogens with zero attached hydrogens (tertiary/aromatic N) is 1. The van der Waals surface area contributed by atoms with Crippen LogP contribution in [0.25, 0.3) is 0 Å². The van der Waals surface area contributed by atoms with Gasteiger partial charge in [0.25, 0.3) is 11.6 Å². The van der Waals surface area contributed by atoms with Gasteiger partial charge in [-0.25, -0.2) is 0 Å². The van der Waals surface area contributed by atoms with Crippen molar-refractivity contribution in [3.05, 3.63) is 38.3 Å². The van der Waals surface area contributed by atoms with Crippen LogP contribution in [0.1, 0.15) is 10.4 Å². The molecule has 0 bridgehead atoms. The van der Waals surface area contributed by atoms with Gasteiger partial charge in [-0.15, -0.1) is 0 Å². The lowest BCUT2D eigenvalue weighted by molar-refractivity contribution is -0.385. The predicted octanol–water partition coefficient (Wildman–Crippen LogP) is 1.75. The van der Waals surface area contributed by atoms with E-state index in [0.717, 1.165) is 0 Å². The summed E-state index contributed by atoms with van der Waals surface area (Å²) in [6.07, 6.45) is -0.276. The molecule has 0 saturated heterocycles. The summed E-state index contributed by atoms with van der Waals surface area (Å²) in [7, 11) is 3.05. The van der Waals surface area contributed by atoms with Gasteiger partial charge in [0.1, 0.15) is 4.47 Å². The number of carbonyl (C=O) groups excluding carboxylic acids is 1. The number of ether oxygens (including phenoxy) is 2. The standard InChI is InChI=1S/C12H15BrN2O5/c1-19-7-8(20-2)6-14-12(16)9-4-3-5-10(11(9)13)15(17)18/h3-5,8H,6-7H2,1-2H3,(H,14,16). The molecular formula is C12H15BrN2O5. The maximum atomic E-state index is 12.0. The topological polar surface area (TPSA) is 90.7 Å². The van der Waals surface area contributed by atoms with Gasteiger partial charge in [-0.2, -0.15) is 0 Å². The summed E-state index contributed by atoms with van der Waals surface area (Å²) in [6.45, 7) is 0.588. The average molecular weight is 347 g/mol.